The van der Waals surface area contributed by atoms with Gasteiger partial charge >= 0.3 is 0 Å². The average Bonchev–Trinajstić information content (AvgIpc) is 3.02. The lowest BCUT2D eigenvalue weighted by atomic mass is 9.73. The first-order valence-corrected chi connectivity index (χ1v) is 10.6. The van der Waals surface area contributed by atoms with Crippen molar-refractivity contribution in [3.05, 3.63) is 52.9 Å². The first kappa shape index (κ1) is 20.6. The molecule has 0 aliphatic carbocycles. The van der Waals surface area contributed by atoms with Crippen LogP contribution in [0, 0.1) is 19.3 Å². The van der Waals surface area contributed by atoms with Gasteiger partial charge in [-0.25, -0.2) is 0 Å². The van der Waals surface area contributed by atoms with Crippen LogP contribution in [-0.4, -0.2) is 64.2 Å². The Morgan fingerprint density at radius 1 is 1.20 bits per heavy atom. The highest BCUT2D eigenvalue weighted by Crippen LogP contribution is 2.37. The van der Waals surface area contributed by atoms with E-state index in [-0.39, 0.29) is 18.2 Å². The Bertz CT molecular complexity index is 898. The van der Waals surface area contributed by atoms with Gasteiger partial charge in [-0.1, -0.05) is 35.5 Å². The minimum absolute atomic E-state index is 0.0143. The number of carbonyl (C=O) groups is 2. The molecule has 160 valence electrons. The van der Waals surface area contributed by atoms with Gasteiger partial charge in [-0.2, -0.15) is 0 Å². The zero-order chi connectivity index (χ0) is 21.3. The van der Waals surface area contributed by atoms with Crippen LogP contribution in [0.2, 0.25) is 0 Å². The Labute approximate surface area is 176 Å². The largest absolute Gasteiger partial charge is 0.391 e. The summed E-state index contributed by atoms with van der Waals surface area (Å²) in [4.78, 5) is 29.9. The highest BCUT2D eigenvalue weighted by molar-refractivity contribution is 5.89. The van der Waals surface area contributed by atoms with E-state index >= 15 is 0 Å². The van der Waals surface area contributed by atoms with E-state index in [2.05, 4.69) is 5.16 Å². The third kappa shape index (κ3) is 3.99. The second-order valence-electron chi connectivity index (χ2n) is 8.72. The van der Waals surface area contributed by atoms with E-state index in [1.165, 1.54) is 0 Å². The highest BCUT2D eigenvalue weighted by atomic mass is 16.5. The molecule has 2 aliphatic heterocycles. The van der Waals surface area contributed by atoms with Crippen molar-refractivity contribution in [2.45, 2.75) is 45.6 Å². The maximum atomic E-state index is 13.5. The number of rotatable bonds is 5. The number of amides is 2. The van der Waals surface area contributed by atoms with Crippen LogP contribution in [0.15, 0.2) is 34.9 Å². The molecule has 30 heavy (non-hydrogen) atoms. The Balaban J connectivity index is 1.50. The van der Waals surface area contributed by atoms with Gasteiger partial charge in [0.1, 0.15) is 5.76 Å². The number of β-amino-alcohol motifs (C(OH)–C–C–N with tert-alkyl or cyclic N) is 1. The van der Waals surface area contributed by atoms with Gasteiger partial charge in [0.25, 0.3) is 0 Å². The molecule has 1 aromatic carbocycles. The first-order chi connectivity index (χ1) is 14.4. The molecular weight excluding hydrogens is 382 g/mol. The van der Waals surface area contributed by atoms with E-state index in [9.17, 15) is 14.7 Å². The molecule has 2 aromatic rings. The minimum Gasteiger partial charge on any atom is -0.391 e. The average molecular weight is 412 g/mol. The molecule has 1 unspecified atom stereocenters. The molecule has 0 saturated carbocycles. The summed E-state index contributed by atoms with van der Waals surface area (Å²) in [5.41, 5.74) is 2.01. The summed E-state index contributed by atoms with van der Waals surface area (Å²) >= 11 is 0. The molecule has 0 bridgehead atoms. The van der Waals surface area contributed by atoms with Crippen molar-refractivity contribution in [1.82, 2.24) is 15.0 Å². The van der Waals surface area contributed by atoms with Gasteiger partial charge in [-0.3, -0.25) is 9.59 Å². The Kier molecular flexibility index (Phi) is 5.64. The summed E-state index contributed by atoms with van der Waals surface area (Å²) in [5.74, 6) is 0.696. The van der Waals surface area contributed by atoms with Crippen molar-refractivity contribution in [3.8, 4) is 0 Å². The highest BCUT2D eigenvalue weighted by Gasteiger charge is 2.52. The number of aryl methyl sites for hydroxylation is 2. The van der Waals surface area contributed by atoms with E-state index in [0.717, 1.165) is 29.7 Å². The van der Waals surface area contributed by atoms with Crippen LogP contribution in [0.5, 0.6) is 0 Å². The van der Waals surface area contributed by atoms with Gasteiger partial charge in [0.15, 0.2) is 0 Å². The fourth-order valence-electron chi connectivity index (χ4n) is 4.66. The fourth-order valence-corrected chi connectivity index (χ4v) is 4.66. The van der Waals surface area contributed by atoms with E-state index in [1.54, 1.807) is 9.80 Å². The minimum atomic E-state index is -0.632. The van der Waals surface area contributed by atoms with Crippen molar-refractivity contribution in [1.29, 1.82) is 0 Å². The lowest BCUT2D eigenvalue weighted by Gasteiger charge is -2.51. The standard InChI is InChI=1S/C23H29N3O4/c1-16-20(17(2)30-24-16)11-21(28)26-14-23(15-26,12-18-7-4-3-5-8-18)22(29)25-10-6-9-19(27)13-25/h3-5,7-8,19,27H,6,9-15H2,1-2H3. The molecule has 7 nitrogen and oxygen atoms in total. The molecule has 2 saturated heterocycles. The molecule has 3 heterocycles. The van der Waals surface area contributed by atoms with Crippen molar-refractivity contribution < 1.29 is 19.2 Å². The Morgan fingerprint density at radius 2 is 1.93 bits per heavy atom. The second-order valence-corrected chi connectivity index (χ2v) is 8.72. The van der Waals surface area contributed by atoms with Crippen LogP contribution >= 0.6 is 0 Å². The normalized spacial score (nSPS) is 20.7. The Morgan fingerprint density at radius 3 is 2.57 bits per heavy atom. The molecule has 0 spiro atoms. The lowest BCUT2D eigenvalue weighted by Crippen LogP contribution is -2.67. The van der Waals surface area contributed by atoms with E-state index in [0.29, 0.717) is 38.4 Å². The van der Waals surface area contributed by atoms with Gasteiger partial charge in [0, 0.05) is 31.7 Å². The lowest BCUT2D eigenvalue weighted by molar-refractivity contribution is -0.162. The van der Waals surface area contributed by atoms with Crippen molar-refractivity contribution in [3.63, 3.8) is 0 Å². The molecule has 1 atom stereocenters. The maximum Gasteiger partial charge on any atom is 0.232 e. The zero-order valence-electron chi connectivity index (χ0n) is 17.6. The number of aliphatic hydroxyl groups excluding tert-OH is 1. The van der Waals surface area contributed by atoms with Crippen molar-refractivity contribution in [2.24, 2.45) is 5.41 Å². The molecule has 2 fully saturated rings. The van der Waals surface area contributed by atoms with E-state index in [4.69, 9.17) is 4.52 Å². The summed E-state index contributed by atoms with van der Waals surface area (Å²) in [6.07, 6.45) is 1.91. The van der Waals surface area contributed by atoms with Crippen LogP contribution < -0.4 is 0 Å². The quantitative estimate of drug-likeness (QED) is 0.812. The summed E-state index contributed by atoms with van der Waals surface area (Å²) in [5, 5.41) is 14.0. The molecule has 1 aromatic heterocycles. The molecule has 0 radical (unpaired) electrons. The second kappa shape index (κ2) is 8.22. The van der Waals surface area contributed by atoms with Gasteiger partial charge in [-0.15, -0.1) is 0 Å². The molecule has 1 N–H and O–H groups in total. The maximum absolute atomic E-state index is 13.5. The number of aliphatic hydroxyl groups is 1. The fraction of sp³-hybridized carbons (Fsp3) is 0.522. The number of likely N-dealkylation sites (tertiary alicyclic amines) is 2. The first-order valence-electron chi connectivity index (χ1n) is 10.6. The van der Waals surface area contributed by atoms with Crippen molar-refractivity contribution in [2.75, 3.05) is 26.2 Å². The van der Waals surface area contributed by atoms with Gasteiger partial charge in [-0.05, 0) is 38.7 Å². The number of benzene rings is 1. The van der Waals surface area contributed by atoms with Gasteiger partial charge in [0.05, 0.1) is 23.6 Å². The third-order valence-corrected chi connectivity index (χ3v) is 6.37. The van der Waals surface area contributed by atoms with Crippen LogP contribution in [-0.2, 0) is 22.4 Å². The van der Waals surface area contributed by atoms with Crippen molar-refractivity contribution >= 4 is 11.8 Å². The summed E-state index contributed by atoms with van der Waals surface area (Å²) in [7, 11) is 0. The zero-order valence-corrected chi connectivity index (χ0v) is 17.6. The van der Waals surface area contributed by atoms with Crippen LogP contribution in [0.4, 0.5) is 0 Å². The number of carbonyl (C=O) groups excluding carboxylic acids is 2. The summed E-state index contributed by atoms with van der Waals surface area (Å²) in [6, 6.07) is 9.94. The molecular formula is C23H29N3O4. The Hall–Kier alpha value is -2.67. The number of hydrogen-bond acceptors (Lipinski definition) is 5. The van der Waals surface area contributed by atoms with Crippen LogP contribution in [0.1, 0.15) is 35.4 Å². The van der Waals surface area contributed by atoms with Crippen LogP contribution in [0.25, 0.3) is 0 Å². The van der Waals surface area contributed by atoms with Gasteiger partial charge in [0.2, 0.25) is 11.8 Å². The monoisotopic (exact) mass is 411 g/mol. The predicted molar refractivity (Wildman–Crippen MR) is 111 cm³/mol. The molecule has 4 rings (SSSR count). The van der Waals surface area contributed by atoms with Crippen LogP contribution in [0.3, 0.4) is 0 Å². The van der Waals surface area contributed by atoms with E-state index in [1.807, 2.05) is 44.2 Å². The third-order valence-electron chi connectivity index (χ3n) is 6.37. The molecule has 7 heteroatoms. The number of hydrogen-bond donors (Lipinski definition) is 1. The topological polar surface area (TPSA) is 86.9 Å². The van der Waals surface area contributed by atoms with Gasteiger partial charge < -0.3 is 19.4 Å². The number of nitrogens with zero attached hydrogens (tertiary/aromatic N) is 3. The SMILES string of the molecule is Cc1noc(C)c1CC(=O)N1CC(Cc2ccccc2)(C(=O)N2CCCC(O)C2)C1. The smallest absolute Gasteiger partial charge is 0.232 e. The number of piperidine rings is 1. The number of aromatic nitrogens is 1. The summed E-state index contributed by atoms with van der Waals surface area (Å²) in [6.45, 7) is 5.48. The predicted octanol–water partition coefficient (Wildman–Crippen LogP) is 1.89. The molecule has 2 amide bonds. The van der Waals surface area contributed by atoms with E-state index < -0.39 is 11.5 Å². The molecule has 2 aliphatic rings. The summed E-state index contributed by atoms with van der Waals surface area (Å²) < 4.78 is 5.17.